The van der Waals surface area contributed by atoms with Crippen LogP contribution in [0.1, 0.15) is 22.5 Å². The standard InChI is InChI=1S/C7H4ClF2NO2/c8-5-4(2-12)11-1-3(6(5)13)7(9)10/h1-2,7H,(H,11,13). The van der Waals surface area contributed by atoms with E-state index in [9.17, 15) is 18.4 Å². The third-order valence-corrected chi connectivity index (χ3v) is 1.81. The third-order valence-electron chi connectivity index (χ3n) is 1.43. The molecule has 3 nitrogen and oxygen atoms in total. The number of carbonyl (C=O) groups excluding carboxylic acids is 1. The first-order chi connectivity index (χ1) is 6.07. The number of aldehydes is 1. The molecule has 0 aliphatic heterocycles. The van der Waals surface area contributed by atoms with Gasteiger partial charge in [0.1, 0.15) is 10.7 Å². The van der Waals surface area contributed by atoms with Gasteiger partial charge in [-0.3, -0.25) is 9.59 Å². The molecule has 0 atom stereocenters. The van der Waals surface area contributed by atoms with Crippen molar-refractivity contribution in [3.05, 3.63) is 32.7 Å². The van der Waals surface area contributed by atoms with Crippen LogP contribution < -0.4 is 5.43 Å². The van der Waals surface area contributed by atoms with Crippen LogP contribution in [0.15, 0.2) is 11.0 Å². The van der Waals surface area contributed by atoms with Crippen molar-refractivity contribution in [3.8, 4) is 0 Å². The molecule has 0 aliphatic rings. The number of alkyl halides is 2. The van der Waals surface area contributed by atoms with Gasteiger partial charge in [0.15, 0.2) is 6.29 Å². The second-order valence-corrected chi connectivity index (χ2v) is 2.60. The van der Waals surface area contributed by atoms with Crippen LogP contribution in [0.25, 0.3) is 0 Å². The molecular weight excluding hydrogens is 204 g/mol. The first kappa shape index (κ1) is 9.85. The highest BCUT2D eigenvalue weighted by molar-refractivity contribution is 6.32. The Labute approximate surface area is 76.3 Å². The second-order valence-electron chi connectivity index (χ2n) is 2.22. The Bertz CT molecular complexity index is 389. The number of halogens is 3. The van der Waals surface area contributed by atoms with Gasteiger partial charge in [-0.2, -0.15) is 0 Å². The SMILES string of the molecule is O=Cc1[nH]cc(C(F)F)c(=O)c1Cl. The molecule has 1 N–H and O–H groups in total. The monoisotopic (exact) mass is 207 g/mol. The van der Waals surface area contributed by atoms with E-state index in [1.807, 2.05) is 0 Å². The molecule has 0 aliphatic carbocycles. The van der Waals surface area contributed by atoms with Gasteiger partial charge in [0.05, 0.1) is 5.56 Å². The summed E-state index contributed by atoms with van der Waals surface area (Å²) in [5.41, 5.74) is -1.95. The predicted molar refractivity (Wildman–Crippen MR) is 42.4 cm³/mol. The molecule has 70 valence electrons. The smallest absolute Gasteiger partial charge is 0.269 e. The van der Waals surface area contributed by atoms with Gasteiger partial charge in [0.2, 0.25) is 5.43 Å². The Morgan fingerprint density at radius 3 is 2.62 bits per heavy atom. The van der Waals surface area contributed by atoms with Gasteiger partial charge in [-0.05, 0) is 0 Å². The molecule has 0 saturated carbocycles. The van der Waals surface area contributed by atoms with E-state index >= 15 is 0 Å². The first-order valence-electron chi connectivity index (χ1n) is 3.22. The van der Waals surface area contributed by atoms with E-state index in [4.69, 9.17) is 11.6 Å². The minimum atomic E-state index is -2.90. The van der Waals surface area contributed by atoms with Crippen molar-refractivity contribution in [2.24, 2.45) is 0 Å². The molecule has 0 radical (unpaired) electrons. The number of rotatable bonds is 2. The summed E-state index contributed by atoms with van der Waals surface area (Å²) in [4.78, 5) is 23.4. The Morgan fingerprint density at radius 2 is 2.15 bits per heavy atom. The van der Waals surface area contributed by atoms with Crippen LogP contribution in [0.2, 0.25) is 5.02 Å². The highest BCUT2D eigenvalue weighted by Gasteiger charge is 2.16. The van der Waals surface area contributed by atoms with Crippen molar-refractivity contribution in [2.45, 2.75) is 6.43 Å². The van der Waals surface area contributed by atoms with Crippen LogP contribution in [0.3, 0.4) is 0 Å². The molecular formula is C7H4ClF2NO2. The van der Waals surface area contributed by atoms with E-state index in [1.54, 1.807) is 0 Å². The number of pyridine rings is 1. The molecule has 0 bridgehead atoms. The Balaban J connectivity index is 3.40. The molecule has 0 unspecified atom stereocenters. The summed E-state index contributed by atoms with van der Waals surface area (Å²) in [5.74, 6) is 0. The van der Waals surface area contributed by atoms with Crippen molar-refractivity contribution in [1.82, 2.24) is 4.98 Å². The lowest BCUT2D eigenvalue weighted by Gasteiger charge is -2.00. The lowest BCUT2D eigenvalue weighted by molar-refractivity contribution is 0.111. The molecule has 13 heavy (non-hydrogen) atoms. The van der Waals surface area contributed by atoms with Crippen LogP contribution in [0.4, 0.5) is 8.78 Å². The number of aromatic amines is 1. The summed E-state index contributed by atoms with van der Waals surface area (Å²) in [6.45, 7) is 0. The second kappa shape index (κ2) is 3.66. The van der Waals surface area contributed by atoms with Crippen LogP contribution >= 0.6 is 11.6 Å². The van der Waals surface area contributed by atoms with Crippen LogP contribution in [-0.2, 0) is 0 Å². The topological polar surface area (TPSA) is 49.9 Å². The van der Waals surface area contributed by atoms with E-state index in [1.165, 1.54) is 0 Å². The molecule has 1 rings (SSSR count). The molecule has 0 fully saturated rings. The molecule has 6 heteroatoms. The Hall–Kier alpha value is -1.23. The summed E-state index contributed by atoms with van der Waals surface area (Å²) in [5, 5.41) is -0.507. The van der Waals surface area contributed by atoms with Gasteiger partial charge in [0.25, 0.3) is 6.43 Å². The van der Waals surface area contributed by atoms with E-state index in [-0.39, 0.29) is 5.69 Å². The third kappa shape index (κ3) is 1.75. The molecule has 0 spiro atoms. The number of hydrogen-bond donors (Lipinski definition) is 1. The molecule has 1 aromatic rings. The lowest BCUT2D eigenvalue weighted by Crippen LogP contribution is -2.13. The highest BCUT2D eigenvalue weighted by Crippen LogP contribution is 2.16. The van der Waals surface area contributed by atoms with Crippen LogP contribution in [0, 0.1) is 0 Å². The van der Waals surface area contributed by atoms with E-state index in [2.05, 4.69) is 4.98 Å². The summed E-state index contributed by atoms with van der Waals surface area (Å²) in [7, 11) is 0. The molecule has 0 aromatic carbocycles. The first-order valence-corrected chi connectivity index (χ1v) is 3.60. The van der Waals surface area contributed by atoms with Gasteiger partial charge < -0.3 is 4.98 Å². The fourth-order valence-corrected chi connectivity index (χ4v) is 0.990. The van der Waals surface area contributed by atoms with Crippen molar-refractivity contribution < 1.29 is 13.6 Å². The minimum absolute atomic E-state index is 0.198. The van der Waals surface area contributed by atoms with Crippen LogP contribution in [-0.4, -0.2) is 11.3 Å². The normalized spacial score (nSPS) is 10.5. The minimum Gasteiger partial charge on any atom is -0.357 e. The molecule has 1 heterocycles. The maximum atomic E-state index is 12.1. The van der Waals surface area contributed by atoms with E-state index < -0.39 is 22.4 Å². The lowest BCUT2D eigenvalue weighted by atomic mass is 10.2. The van der Waals surface area contributed by atoms with Crippen LogP contribution in [0.5, 0.6) is 0 Å². The fraction of sp³-hybridized carbons (Fsp3) is 0.143. The van der Waals surface area contributed by atoms with Crippen molar-refractivity contribution in [2.75, 3.05) is 0 Å². The van der Waals surface area contributed by atoms with E-state index in [0.29, 0.717) is 6.29 Å². The zero-order valence-corrected chi connectivity index (χ0v) is 6.94. The average molecular weight is 208 g/mol. The average Bonchev–Trinajstić information content (AvgIpc) is 2.09. The zero-order valence-electron chi connectivity index (χ0n) is 6.18. The Morgan fingerprint density at radius 1 is 1.54 bits per heavy atom. The van der Waals surface area contributed by atoms with Crippen molar-refractivity contribution >= 4 is 17.9 Å². The van der Waals surface area contributed by atoms with Gasteiger partial charge in [-0.1, -0.05) is 11.6 Å². The molecule has 1 aromatic heterocycles. The number of H-pyrrole nitrogens is 1. The van der Waals surface area contributed by atoms with Gasteiger partial charge >= 0.3 is 0 Å². The quantitative estimate of drug-likeness (QED) is 0.752. The highest BCUT2D eigenvalue weighted by atomic mass is 35.5. The number of hydrogen-bond acceptors (Lipinski definition) is 2. The van der Waals surface area contributed by atoms with Gasteiger partial charge in [0, 0.05) is 6.20 Å². The summed E-state index contributed by atoms with van der Waals surface area (Å²) >= 11 is 5.33. The summed E-state index contributed by atoms with van der Waals surface area (Å²) < 4.78 is 24.2. The van der Waals surface area contributed by atoms with Crippen molar-refractivity contribution in [1.29, 1.82) is 0 Å². The largest absolute Gasteiger partial charge is 0.357 e. The zero-order chi connectivity index (χ0) is 10.0. The fourth-order valence-electron chi connectivity index (χ4n) is 0.781. The van der Waals surface area contributed by atoms with Crippen molar-refractivity contribution in [3.63, 3.8) is 0 Å². The Kier molecular flexibility index (Phi) is 2.77. The number of carbonyl (C=O) groups is 1. The summed E-state index contributed by atoms with van der Waals surface area (Å²) in [6.07, 6.45) is -1.83. The molecule has 0 saturated heterocycles. The number of aromatic nitrogens is 1. The maximum Gasteiger partial charge on any atom is 0.269 e. The maximum absolute atomic E-state index is 12.1. The van der Waals surface area contributed by atoms with Gasteiger partial charge in [-0.25, -0.2) is 8.78 Å². The summed E-state index contributed by atoms with van der Waals surface area (Å²) in [6, 6.07) is 0. The molecule has 0 amide bonds. The van der Waals surface area contributed by atoms with Gasteiger partial charge in [-0.15, -0.1) is 0 Å². The number of nitrogens with one attached hydrogen (secondary N) is 1. The predicted octanol–water partition coefficient (Wildman–Crippen LogP) is 1.78. The van der Waals surface area contributed by atoms with E-state index in [0.717, 1.165) is 6.20 Å².